The Morgan fingerprint density at radius 2 is 2.22 bits per heavy atom. The smallest absolute Gasteiger partial charge is 0.130 e. The second-order valence-electron chi connectivity index (χ2n) is 4.05. The molecule has 0 unspecified atom stereocenters. The first kappa shape index (κ1) is 13.2. The number of Topliss-reactive ketones (excluding diaryl/α,β-unsaturated/α-hetero) is 1. The maximum absolute atomic E-state index is 11.0. The van der Waals surface area contributed by atoms with Gasteiger partial charge in [0.2, 0.25) is 0 Å². The second kappa shape index (κ2) is 6.11. The van der Waals surface area contributed by atoms with Crippen LogP contribution in [0.4, 0.5) is 0 Å². The Kier molecular flexibility index (Phi) is 4.49. The van der Waals surface area contributed by atoms with Gasteiger partial charge < -0.3 is 4.79 Å². The molecule has 94 valence electrons. The molecule has 0 aromatic heterocycles. The molecular formula is C13H14N2OS2. The van der Waals surface area contributed by atoms with Crippen LogP contribution >= 0.6 is 24.0 Å². The van der Waals surface area contributed by atoms with Gasteiger partial charge in [0.05, 0.1) is 12.1 Å². The number of benzene rings is 1. The van der Waals surface area contributed by atoms with Crippen molar-refractivity contribution in [1.82, 2.24) is 5.01 Å². The fourth-order valence-corrected chi connectivity index (χ4v) is 2.80. The maximum atomic E-state index is 11.0. The van der Waals surface area contributed by atoms with Crippen LogP contribution < -0.4 is 0 Å². The lowest BCUT2D eigenvalue weighted by molar-refractivity contribution is -0.116. The van der Waals surface area contributed by atoms with Crippen molar-refractivity contribution in [3.8, 4) is 0 Å². The Morgan fingerprint density at radius 1 is 1.44 bits per heavy atom. The summed E-state index contributed by atoms with van der Waals surface area (Å²) in [6.07, 6.45) is 2.91. The van der Waals surface area contributed by atoms with Crippen molar-refractivity contribution < 1.29 is 4.79 Å². The average molecular weight is 278 g/mol. The van der Waals surface area contributed by atoms with E-state index in [1.165, 1.54) is 4.90 Å². The topological polar surface area (TPSA) is 32.7 Å². The van der Waals surface area contributed by atoms with Gasteiger partial charge in [0.15, 0.2) is 0 Å². The predicted octanol–water partition coefficient (Wildman–Crippen LogP) is 3.08. The van der Waals surface area contributed by atoms with Gasteiger partial charge in [-0.3, -0.25) is 0 Å². The van der Waals surface area contributed by atoms with E-state index < -0.39 is 0 Å². The fraction of sp³-hybridized carbons (Fsp3) is 0.308. The molecule has 0 aliphatic carbocycles. The van der Waals surface area contributed by atoms with Gasteiger partial charge in [0.25, 0.3) is 0 Å². The van der Waals surface area contributed by atoms with Crippen LogP contribution in [0.5, 0.6) is 0 Å². The lowest BCUT2D eigenvalue weighted by atomic mass is 10.2. The monoisotopic (exact) mass is 278 g/mol. The number of hydrogen-bond donors (Lipinski definition) is 0. The third-order valence-corrected chi connectivity index (χ3v) is 4.05. The Morgan fingerprint density at radius 3 is 3.00 bits per heavy atom. The molecule has 5 heteroatoms. The highest BCUT2D eigenvalue weighted by molar-refractivity contribution is 7.99. The first-order valence-electron chi connectivity index (χ1n) is 5.72. The number of hydrazone groups is 1. The summed E-state index contributed by atoms with van der Waals surface area (Å²) in [5, 5.41) is 6.17. The summed E-state index contributed by atoms with van der Waals surface area (Å²) >= 11 is 7.02. The number of fused-ring (bicyclic) bond motifs is 1. The Labute approximate surface area is 116 Å². The average Bonchev–Trinajstić information content (AvgIpc) is 2.58. The van der Waals surface area contributed by atoms with Crippen LogP contribution in [0.2, 0.25) is 0 Å². The van der Waals surface area contributed by atoms with Crippen molar-refractivity contribution >= 4 is 41.0 Å². The third kappa shape index (κ3) is 3.40. The van der Waals surface area contributed by atoms with Gasteiger partial charge in [-0.2, -0.15) is 5.10 Å². The molecule has 0 radical (unpaired) electrons. The van der Waals surface area contributed by atoms with Crippen LogP contribution in [-0.4, -0.2) is 27.9 Å². The summed E-state index contributed by atoms with van der Waals surface area (Å²) in [6.45, 7) is 1.58. The number of ketones is 1. The number of carbonyl (C=O) groups is 1. The first-order valence-corrected chi connectivity index (χ1v) is 7.12. The standard InChI is InChI=1S/C13H14N2OS2/c1-10(16)6-7-13(17)15-9-18-12-5-3-2-4-11(12)8-14-15/h2-5,8H,6-7,9H2,1H3. The van der Waals surface area contributed by atoms with E-state index in [1.54, 1.807) is 23.7 Å². The van der Waals surface area contributed by atoms with Crippen LogP contribution in [0.25, 0.3) is 0 Å². The lowest BCUT2D eigenvalue weighted by Crippen LogP contribution is -2.23. The quantitative estimate of drug-likeness (QED) is 0.795. The van der Waals surface area contributed by atoms with Crippen molar-refractivity contribution in [2.75, 3.05) is 5.88 Å². The summed E-state index contributed by atoms with van der Waals surface area (Å²) < 4.78 is 0. The number of hydrogen-bond acceptors (Lipinski definition) is 4. The van der Waals surface area contributed by atoms with Crippen molar-refractivity contribution in [1.29, 1.82) is 0 Å². The van der Waals surface area contributed by atoms with E-state index in [9.17, 15) is 4.79 Å². The van der Waals surface area contributed by atoms with E-state index in [4.69, 9.17) is 12.2 Å². The largest absolute Gasteiger partial charge is 0.300 e. The fourth-order valence-electron chi connectivity index (χ4n) is 1.56. The van der Waals surface area contributed by atoms with Crippen LogP contribution in [0, 0.1) is 0 Å². The normalized spacial score (nSPS) is 13.9. The first-order chi connectivity index (χ1) is 8.66. The maximum Gasteiger partial charge on any atom is 0.130 e. The van der Waals surface area contributed by atoms with Gasteiger partial charge in [0.1, 0.15) is 10.8 Å². The Balaban J connectivity index is 2.03. The molecule has 0 spiro atoms. The van der Waals surface area contributed by atoms with E-state index in [0.717, 1.165) is 10.6 Å². The van der Waals surface area contributed by atoms with Gasteiger partial charge >= 0.3 is 0 Å². The van der Waals surface area contributed by atoms with Crippen LogP contribution in [-0.2, 0) is 4.79 Å². The van der Waals surface area contributed by atoms with E-state index in [0.29, 0.717) is 18.7 Å². The van der Waals surface area contributed by atoms with Crippen LogP contribution in [0.15, 0.2) is 34.3 Å². The van der Waals surface area contributed by atoms with Crippen molar-refractivity contribution in [2.45, 2.75) is 24.7 Å². The summed E-state index contributed by atoms with van der Waals surface area (Å²) in [7, 11) is 0. The van der Waals surface area contributed by atoms with Crippen molar-refractivity contribution in [3.63, 3.8) is 0 Å². The molecule has 1 aromatic carbocycles. The molecule has 1 aromatic rings. The molecule has 0 bridgehead atoms. The van der Waals surface area contributed by atoms with E-state index in [2.05, 4.69) is 11.2 Å². The molecule has 0 amide bonds. The van der Waals surface area contributed by atoms with Crippen molar-refractivity contribution in [2.24, 2.45) is 5.10 Å². The molecule has 2 rings (SSSR count). The molecule has 0 saturated heterocycles. The summed E-state index contributed by atoms with van der Waals surface area (Å²) in [5.74, 6) is 0.858. The van der Waals surface area contributed by atoms with Gasteiger partial charge in [0, 0.05) is 23.3 Å². The minimum absolute atomic E-state index is 0.159. The molecule has 18 heavy (non-hydrogen) atoms. The SMILES string of the molecule is CC(=O)CCC(=S)N1CSc2ccccc2C=N1. The van der Waals surface area contributed by atoms with Gasteiger partial charge in [-0.05, 0) is 13.0 Å². The van der Waals surface area contributed by atoms with Crippen LogP contribution in [0.1, 0.15) is 25.3 Å². The molecular weight excluding hydrogens is 264 g/mol. The van der Waals surface area contributed by atoms with E-state index in [1.807, 2.05) is 24.4 Å². The van der Waals surface area contributed by atoms with Gasteiger partial charge in [-0.25, -0.2) is 5.01 Å². The molecule has 1 aliphatic heterocycles. The predicted molar refractivity (Wildman–Crippen MR) is 79.1 cm³/mol. The zero-order chi connectivity index (χ0) is 13.0. The summed E-state index contributed by atoms with van der Waals surface area (Å²) in [5.41, 5.74) is 1.11. The Bertz CT molecular complexity index is 500. The number of thiocarbonyl (C=S) groups is 1. The minimum atomic E-state index is 0.159. The number of nitrogens with zero attached hydrogens (tertiary/aromatic N) is 2. The van der Waals surface area contributed by atoms with Crippen molar-refractivity contribution in [3.05, 3.63) is 29.8 Å². The molecule has 1 heterocycles. The minimum Gasteiger partial charge on any atom is -0.300 e. The molecule has 0 N–H and O–H groups in total. The Hall–Kier alpha value is -1.20. The second-order valence-corrected chi connectivity index (χ2v) is 5.51. The molecule has 0 fully saturated rings. The van der Waals surface area contributed by atoms with E-state index in [-0.39, 0.29) is 5.78 Å². The third-order valence-electron chi connectivity index (χ3n) is 2.58. The number of carbonyl (C=O) groups excluding carboxylic acids is 1. The molecule has 0 atom stereocenters. The summed E-state index contributed by atoms with van der Waals surface area (Å²) in [6, 6.07) is 8.13. The van der Waals surface area contributed by atoms with E-state index >= 15 is 0 Å². The number of rotatable bonds is 3. The molecule has 1 aliphatic rings. The zero-order valence-corrected chi connectivity index (χ0v) is 11.8. The summed E-state index contributed by atoms with van der Waals surface area (Å²) in [4.78, 5) is 12.9. The van der Waals surface area contributed by atoms with Crippen LogP contribution in [0.3, 0.4) is 0 Å². The highest BCUT2D eigenvalue weighted by Gasteiger charge is 2.13. The van der Waals surface area contributed by atoms with Gasteiger partial charge in [-0.1, -0.05) is 30.4 Å². The molecule has 3 nitrogen and oxygen atoms in total. The zero-order valence-electron chi connectivity index (χ0n) is 10.1. The highest BCUT2D eigenvalue weighted by Crippen LogP contribution is 2.25. The molecule has 0 saturated carbocycles. The number of thioether (sulfide) groups is 1. The highest BCUT2D eigenvalue weighted by atomic mass is 32.2. The lowest BCUT2D eigenvalue weighted by Gasteiger charge is -2.17. The van der Waals surface area contributed by atoms with Gasteiger partial charge in [-0.15, -0.1) is 11.8 Å².